The smallest absolute Gasteiger partial charge is 0.0473 e. The van der Waals surface area contributed by atoms with Gasteiger partial charge < -0.3 is 10.8 Å². The van der Waals surface area contributed by atoms with Gasteiger partial charge in [0, 0.05) is 6.61 Å². The fraction of sp³-hybridized carbons (Fsp3) is 1.00. The Labute approximate surface area is 49.7 Å². The number of aliphatic hydroxyl groups excluding tert-OH is 1. The van der Waals surface area contributed by atoms with Crippen molar-refractivity contribution in [3.8, 4) is 0 Å². The maximum Gasteiger partial charge on any atom is 0.0473 e. The second-order valence-electron chi connectivity index (χ2n) is 2.52. The molecule has 8 heavy (non-hydrogen) atoms. The van der Waals surface area contributed by atoms with Crippen LogP contribution in [-0.2, 0) is 0 Å². The van der Waals surface area contributed by atoms with Gasteiger partial charge in [-0.25, -0.2) is 0 Å². The van der Waals surface area contributed by atoms with Gasteiger partial charge in [-0.3, -0.25) is 0 Å². The van der Waals surface area contributed by atoms with Gasteiger partial charge in [0.2, 0.25) is 0 Å². The van der Waals surface area contributed by atoms with Crippen molar-refractivity contribution in [2.24, 2.45) is 17.6 Å². The lowest BCUT2D eigenvalue weighted by molar-refractivity contribution is 0.214. The maximum atomic E-state index is 8.66. The second-order valence-corrected chi connectivity index (χ2v) is 2.52. The van der Waals surface area contributed by atoms with Gasteiger partial charge in [-0.15, -0.1) is 0 Å². The van der Waals surface area contributed by atoms with Crippen molar-refractivity contribution in [3.05, 3.63) is 0 Å². The van der Waals surface area contributed by atoms with Gasteiger partial charge in [0.25, 0.3) is 0 Å². The van der Waals surface area contributed by atoms with E-state index in [0.29, 0.717) is 12.5 Å². The first kappa shape index (κ1) is 6.05. The zero-order valence-corrected chi connectivity index (χ0v) is 5.01. The summed E-state index contributed by atoms with van der Waals surface area (Å²) in [6.07, 6.45) is 2.56. The minimum Gasteiger partial charge on any atom is -0.396 e. The minimum absolute atomic E-state index is 0.279. The summed E-state index contributed by atoms with van der Waals surface area (Å²) in [5.74, 6) is 1.15. The highest BCUT2D eigenvalue weighted by Crippen LogP contribution is 2.35. The average Bonchev–Trinajstić information content (AvgIpc) is 2.53. The molecule has 2 heteroatoms. The summed E-state index contributed by atoms with van der Waals surface area (Å²) in [6, 6.07) is 0. The van der Waals surface area contributed by atoms with Gasteiger partial charge >= 0.3 is 0 Å². The highest BCUT2D eigenvalue weighted by atomic mass is 16.3. The second kappa shape index (κ2) is 2.46. The molecule has 0 saturated heterocycles. The van der Waals surface area contributed by atoms with Crippen LogP contribution in [0, 0.1) is 11.8 Å². The monoisotopic (exact) mass is 115 g/mol. The molecule has 0 aromatic carbocycles. The summed E-state index contributed by atoms with van der Waals surface area (Å²) < 4.78 is 0. The van der Waals surface area contributed by atoms with Crippen LogP contribution in [0.25, 0.3) is 0 Å². The van der Waals surface area contributed by atoms with Crippen molar-refractivity contribution >= 4 is 0 Å². The van der Waals surface area contributed by atoms with Crippen molar-refractivity contribution in [3.63, 3.8) is 0 Å². The molecule has 0 bridgehead atoms. The fourth-order valence-electron chi connectivity index (χ4n) is 0.984. The van der Waals surface area contributed by atoms with E-state index >= 15 is 0 Å². The van der Waals surface area contributed by atoms with E-state index < -0.39 is 0 Å². The number of aliphatic hydroxyl groups is 1. The Bertz CT molecular complexity index is 66.9. The zero-order valence-electron chi connectivity index (χ0n) is 5.01. The van der Waals surface area contributed by atoms with E-state index in [0.717, 1.165) is 5.92 Å². The van der Waals surface area contributed by atoms with Crippen molar-refractivity contribution in [2.45, 2.75) is 12.8 Å². The summed E-state index contributed by atoms with van der Waals surface area (Å²) in [7, 11) is 0. The summed E-state index contributed by atoms with van der Waals surface area (Å²) in [4.78, 5) is 0. The van der Waals surface area contributed by atoms with Crippen LogP contribution < -0.4 is 5.73 Å². The van der Waals surface area contributed by atoms with Crippen molar-refractivity contribution in [1.82, 2.24) is 0 Å². The third kappa shape index (κ3) is 1.20. The molecule has 0 heterocycles. The molecular formula is C6H13NO. The minimum atomic E-state index is 0.279. The first-order valence-corrected chi connectivity index (χ1v) is 3.19. The Hall–Kier alpha value is -0.0800. The standard InChI is InChI=1S/C6H13NO/c7-3-6(4-8)5-1-2-5/h5-6,8H,1-4,7H2/t6-/m0/s1. The van der Waals surface area contributed by atoms with Gasteiger partial charge in [0.05, 0.1) is 0 Å². The number of rotatable bonds is 3. The molecule has 0 aliphatic heterocycles. The van der Waals surface area contributed by atoms with Gasteiger partial charge in [0.15, 0.2) is 0 Å². The lowest BCUT2D eigenvalue weighted by Crippen LogP contribution is -2.19. The van der Waals surface area contributed by atoms with Gasteiger partial charge in [-0.05, 0) is 31.2 Å². The number of nitrogens with two attached hydrogens (primary N) is 1. The molecule has 2 nitrogen and oxygen atoms in total. The van der Waals surface area contributed by atoms with E-state index in [1.807, 2.05) is 0 Å². The summed E-state index contributed by atoms with van der Waals surface area (Å²) in [6.45, 7) is 0.933. The summed E-state index contributed by atoms with van der Waals surface area (Å²) in [5.41, 5.74) is 5.36. The first-order chi connectivity index (χ1) is 3.88. The average molecular weight is 115 g/mol. The fourth-order valence-corrected chi connectivity index (χ4v) is 0.984. The van der Waals surface area contributed by atoms with Crippen LogP contribution in [0.15, 0.2) is 0 Å². The topological polar surface area (TPSA) is 46.2 Å². The Morgan fingerprint density at radius 3 is 2.38 bits per heavy atom. The predicted molar refractivity (Wildman–Crippen MR) is 32.4 cm³/mol. The molecule has 1 rings (SSSR count). The molecular weight excluding hydrogens is 102 g/mol. The van der Waals surface area contributed by atoms with E-state index in [9.17, 15) is 0 Å². The van der Waals surface area contributed by atoms with E-state index in [1.54, 1.807) is 0 Å². The molecule has 0 aromatic heterocycles. The highest BCUT2D eigenvalue weighted by molar-refractivity contribution is 4.80. The van der Waals surface area contributed by atoms with Crippen LogP contribution >= 0.6 is 0 Å². The molecule has 0 radical (unpaired) electrons. The lowest BCUT2D eigenvalue weighted by atomic mass is 10.1. The van der Waals surface area contributed by atoms with E-state index in [-0.39, 0.29) is 6.61 Å². The van der Waals surface area contributed by atoms with Crippen LogP contribution in [0.4, 0.5) is 0 Å². The molecule has 1 fully saturated rings. The van der Waals surface area contributed by atoms with Crippen molar-refractivity contribution in [1.29, 1.82) is 0 Å². The maximum absolute atomic E-state index is 8.66. The predicted octanol–water partition coefficient (Wildman–Crippen LogP) is -0.0364. The molecule has 1 atom stereocenters. The first-order valence-electron chi connectivity index (χ1n) is 3.19. The quantitative estimate of drug-likeness (QED) is 0.542. The Kier molecular flexibility index (Phi) is 1.86. The Morgan fingerprint density at radius 2 is 2.25 bits per heavy atom. The van der Waals surface area contributed by atoms with Crippen LogP contribution in [0.1, 0.15) is 12.8 Å². The summed E-state index contributed by atoms with van der Waals surface area (Å²) in [5, 5.41) is 8.66. The van der Waals surface area contributed by atoms with Gasteiger partial charge in [0.1, 0.15) is 0 Å². The molecule has 0 aromatic rings. The van der Waals surface area contributed by atoms with Crippen LogP contribution in [-0.4, -0.2) is 18.3 Å². The Morgan fingerprint density at radius 1 is 1.62 bits per heavy atom. The van der Waals surface area contributed by atoms with Crippen LogP contribution in [0.3, 0.4) is 0 Å². The highest BCUT2D eigenvalue weighted by Gasteiger charge is 2.29. The molecule has 1 saturated carbocycles. The van der Waals surface area contributed by atoms with Crippen molar-refractivity contribution < 1.29 is 5.11 Å². The van der Waals surface area contributed by atoms with Crippen LogP contribution in [0.5, 0.6) is 0 Å². The van der Waals surface area contributed by atoms with Crippen LogP contribution in [0.2, 0.25) is 0 Å². The normalized spacial score (nSPS) is 23.2. The molecule has 0 spiro atoms. The summed E-state index contributed by atoms with van der Waals surface area (Å²) >= 11 is 0. The molecule has 1 aliphatic carbocycles. The van der Waals surface area contributed by atoms with E-state index in [1.165, 1.54) is 12.8 Å². The van der Waals surface area contributed by atoms with E-state index in [2.05, 4.69) is 0 Å². The van der Waals surface area contributed by atoms with E-state index in [4.69, 9.17) is 10.8 Å². The number of hydrogen-bond acceptors (Lipinski definition) is 2. The number of hydrogen-bond donors (Lipinski definition) is 2. The van der Waals surface area contributed by atoms with Gasteiger partial charge in [-0.2, -0.15) is 0 Å². The molecule has 0 amide bonds. The SMILES string of the molecule is NC[C@@H](CO)C1CC1. The largest absolute Gasteiger partial charge is 0.396 e. The molecule has 0 unspecified atom stereocenters. The molecule has 1 aliphatic rings. The zero-order chi connectivity index (χ0) is 5.98. The lowest BCUT2D eigenvalue weighted by Gasteiger charge is -2.07. The molecule has 48 valence electrons. The Balaban J connectivity index is 2.15. The third-order valence-corrected chi connectivity index (χ3v) is 1.83. The van der Waals surface area contributed by atoms with Gasteiger partial charge in [-0.1, -0.05) is 0 Å². The third-order valence-electron chi connectivity index (χ3n) is 1.83. The van der Waals surface area contributed by atoms with Crippen molar-refractivity contribution in [2.75, 3.05) is 13.2 Å². The molecule has 3 N–H and O–H groups in total.